The third-order valence-corrected chi connectivity index (χ3v) is 5.08. The standard InChI is InChI=1S/C19H24N6O2/c1-23-20-12-14(22-23)13-24-9-5-8-17(24)18-21-16-7-4-3-6-15(16)19(26)25(18)10-11-27-2/h3-4,6-7,12,17H,5,8-11,13H2,1-2H3. The van der Waals surface area contributed by atoms with Crippen LogP contribution in [-0.4, -0.2) is 49.7 Å². The van der Waals surface area contributed by atoms with E-state index in [1.165, 1.54) is 0 Å². The largest absolute Gasteiger partial charge is 0.383 e. The highest BCUT2D eigenvalue weighted by Gasteiger charge is 2.30. The van der Waals surface area contributed by atoms with Crippen LogP contribution in [0.5, 0.6) is 0 Å². The molecule has 142 valence electrons. The van der Waals surface area contributed by atoms with Crippen LogP contribution in [0.1, 0.15) is 30.4 Å². The molecule has 0 spiro atoms. The number of benzene rings is 1. The number of rotatable bonds is 6. The van der Waals surface area contributed by atoms with Gasteiger partial charge in [-0.15, -0.1) is 0 Å². The fraction of sp³-hybridized carbons (Fsp3) is 0.474. The van der Waals surface area contributed by atoms with Gasteiger partial charge >= 0.3 is 0 Å². The Morgan fingerprint density at radius 1 is 1.30 bits per heavy atom. The molecule has 8 heteroatoms. The molecule has 27 heavy (non-hydrogen) atoms. The zero-order valence-corrected chi connectivity index (χ0v) is 15.7. The molecule has 8 nitrogen and oxygen atoms in total. The molecule has 1 saturated heterocycles. The van der Waals surface area contributed by atoms with E-state index in [0.717, 1.165) is 36.4 Å². The third-order valence-electron chi connectivity index (χ3n) is 5.08. The monoisotopic (exact) mass is 368 g/mol. The Morgan fingerprint density at radius 3 is 2.93 bits per heavy atom. The molecule has 0 aliphatic carbocycles. The van der Waals surface area contributed by atoms with Gasteiger partial charge in [-0.25, -0.2) is 4.98 Å². The number of ether oxygens (including phenoxy) is 1. The highest BCUT2D eigenvalue weighted by molar-refractivity contribution is 5.77. The molecule has 1 fully saturated rings. The summed E-state index contributed by atoms with van der Waals surface area (Å²) in [5, 5.41) is 9.21. The van der Waals surface area contributed by atoms with Gasteiger partial charge in [-0.2, -0.15) is 15.0 Å². The molecule has 1 aliphatic rings. The Labute approximate surface area is 157 Å². The number of aromatic nitrogens is 5. The minimum Gasteiger partial charge on any atom is -0.383 e. The van der Waals surface area contributed by atoms with Gasteiger partial charge < -0.3 is 4.74 Å². The first kappa shape index (κ1) is 17.8. The number of fused-ring (bicyclic) bond motifs is 1. The Hall–Kier alpha value is -2.58. The lowest BCUT2D eigenvalue weighted by Crippen LogP contribution is -2.33. The SMILES string of the molecule is COCCn1c(C2CCCN2Cc2cnn(C)n2)nc2ccccc2c1=O. The Balaban J connectivity index is 1.75. The molecule has 2 aromatic heterocycles. The van der Waals surface area contributed by atoms with Crippen molar-refractivity contribution in [3.8, 4) is 0 Å². The molecule has 0 N–H and O–H groups in total. The average molecular weight is 368 g/mol. The van der Waals surface area contributed by atoms with Crippen LogP contribution in [0.2, 0.25) is 0 Å². The average Bonchev–Trinajstić information content (AvgIpc) is 3.30. The highest BCUT2D eigenvalue weighted by atomic mass is 16.5. The minimum atomic E-state index is -0.000923. The number of likely N-dealkylation sites (tertiary alicyclic amines) is 1. The van der Waals surface area contributed by atoms with Crippen molar-refractivity contribution < 1.29 is 4.74 Å². The van der Waals surface area contributed by atoms with Crippen molar-refractivity contribution in [3.63, 3.8) is 0 Å². The van der Waals surface area contributed by atoms with E-state index in [1.54, 1.807) is 22.7 Å². The van der Waals surface area contributed by atoms with E-state index in [4.69, 9.17) is 9.72 Å². The van der Waals surface area contributed by atoms with E-state index < -0.39 is 0 Å². The summed E-state index contributed by atoms with van der Waals surface area (Å²) in [6, 6.07) is 7.62. The van der Waals surface area contributed by atoms with E-state index in [1.807, 2.05) is 31.3 Å². The fourth-order valence-electron chi connectivity index (χ4n) is 3.81. The van der Waals surface area contributed by atoms with Crippen LogP contribution in [0.15, 0.2) is 35.3 Å². The van der Waals surface area contributed by atoms with Crippen molar-refractivity contribution in [1.29, 1.82) is 0 Å². The molecule has 1 aromatic carbocycles. The first-order valence-electron chi connectivity index (χ1n) is 9.25. The maximum atomic E-state index is 13.1. The summed E-state index contributed by atoms with van der Waals surface area (Å²) >= 11 is 0. The van der Waals surface area contributed by atoms with Gasteiger partial charge in [0.2, 0.25) is 0 Å². The quantitative estimate of drug-likeness (QED) is 0.656. The molecule has 3 heterocycles. The predicted molar refractivity (Wildman–Crippen MR) is 101 cm³/mol. The van der Waals surface area contributed by atoms with Gasteiger partial charge in [0.15, 0.2) is 0 Å². The van der Waals surface area contributed by atoms with Crippen molar-refractivity contribution in [2.24, 2.45) is 7.05 Å². The topological polar surface area (TPSA) is 78.1 Å². The lowest BCUT2D eigenvalue weighted by molar-refractivity contribution is 0.178. The van der Waals surface area contributed by atoms with Crippen LogP contribution in [0.4, 0.5) is 0 Å². The predicted octanol–water partition coefficient (Wildman–Crippen LogP) is 1.51. The number of para-hydroxylation sites is 1. The van der Waals surface area contributed by atoms with Crippen LogP contribution in [0.25, 0.3) is 10.9 Å². The normalized spacial score (nSPS) is 17.8. The lowest BCUT2D eigenvalue weighted by Gasteiger charge is -2.25. The third kappa shape index (κ3) is 3.50. The molecule has 1 aliphatic heterocycles. The van der Waals surface area contributed by atoms with Crippen LogP contribution in [-0.2, 0) is 24.9 Å². The smallest absolute Gasteiger partial charge is 0.261 e. The van der Waals surface area contributed by atoms with Gasteiger partial charge in [-0.05, 0) is 31.5 Å². The number of methoxy groups -OCH3 is 1. The van der Waals surface area contributed by atoms with Gasteiger partial charge in [0, 0.05) is 20.7 Å². The van der Waals surface area contributed by atoms with Crippen LogP contribution in [0, 0.1) is 0 Å². The summed E-state index contributed by atoms with van der Waals surface area (Å²) < 4.78 is 7.02. The highest BCUT2D eigenvalue weighted by Crippen LogP contribution is 2.32. The fourth-order valence-corrected chi connectivity index (χ4v) is 3.81. The van der Waals surface area contributed by atoms with E-state index in [-0.39, 0.29) is 11.6 Å². The molecule has 4 rings (SSSR count). The van der Waals surface area contributed by atoms with Gasteiger partial charge in [-0.3, -0.25) is 14.3 Å². The zero-order chi connectivity index (χ0) is 18.8. The summed E-state index contributed by atoms with van der Waals surface area (Å²) in [6.07, 6.45) is 3.83. The maximum Gasteiger partial charge on any atom is 0.261 e. The molecule has 1 atom stereocenters. The van der Waals surface area contributed by atoms with Crippen LogP contribution < -0.4 is 5.56 Å². The van der Waals surface area contributed by atoms with Gasteiger partial charge in [0.25, 0.3) is 5.56 Å². The van der Waals surface area contributed by atoms with E-state index in [0.29, 0.717) is 25.1 Å². The van der Waals surface area contributed by atoms with Crippen molar-refractivity contribution in [2.75, 3.05) is 20.3 Å². The zero-order valence-electron chi connectivity index (χ0n) is 15.7. The number of nitrogens with zero attached hydrogens (tertiary/aromatic N) is 6. The summed E-state index contributed by atoms with van der Waals surface area (Å²) in [6.45, 7) is 2.63. The van der Waals surface area contributed by atoms with Crippen LogP contribution in [0.3, 0.4) is 0 Å². The molecule has 0 amide bonds. The molecule has 0 saturated carbocycles. The molecule has 0 bridgehead atoms. The van der Waals surface area contributed by atoms with E-state index in [2.05, 4.69) is 15.1 Å². The molecule has 0 radical (unpaired) electrons. The summed E-state index contributed by atoms with van der Waals surface area (Å²) in [7, 11) is 3.47. The first-order chi connectivity index (χ1) is 13.2. The Kier molecular flexibility index (Phi) is 5.00. The van der Waals surface area contributed by atoms with Gasteiger partial charge in [0.1, 0.15) is 5.82 Å². The van der Waals surface area contributed by atoms with Crippen molar-refractivity contribution in [1.82, 2.24) is 29.4 Å². The molecule has 1 unspecified atom stereocenters. The van der Waals surface area contributed by atoms with Crippen molar-refractivity contribution >= 4 is 10.9 Å². The van der Waals surface area contributed by atoms with Gasteiger partial charge in [-0.1, -0.05) is 12.1 Å². The first-order valence-corrected chi connectivity index (χ1v) is 9.25. The van der Waals surface area contributed by atoms with Crippen molar-refractivity contribution in [3.05, 3.63) is 52.3 Å². The molecular formula is C19H24N6O2. The molecule has 3 aromatic rings. The minimum absolute atomic E-state index is 0.000923. The number of hydrogen-bond donors (Lipinski definition) is 0. The maximum absolute atomic E-state index is 13.1. The summed E-state index contributed by atoms with van der Waals surface area (Å²) in [4.78, 5) is 21.9. The van der Waals surface area contributed by atoms with E-state index >= 15 is 0 Å². The molecular weight excluding hydrogens is 344 g/mol. The second kappa shape index (κ2) is 7.58. The van der Waals surface area contributed by atoms with E-state index in [9.17, 15) is 4.79 Å². The summed E-state index contributed by atoms with van der Waals surface area (Å²) in [5.41, 5.74) is 1.67. The second-order valence-corrected chi connectivity index (χ2v) is 6.89. The Morgan fingerprint density at radius 2 is 2.15 bits per heavy atom. The van der Waals surface area contributed by atoms with Gasteiger partial charge in [0.05, 0.1) is 42.0 Å². The number of hydrogen-bond acceptors (Lipinski definition) is 6. The lowest BCUT2D eigenvalue weighted by atomic mass is 10.1. The number of aryl methyl sites for hydroxylation is 1. The second-order valence-electron chi connectivity index (χ2n) is 6.89. The van der Waals surface area contributed by atoms with Crippen molar-refractivity contribution in [2.45, 2.75) is 32.0 Å². The summed E-state index contributed by atoms with van der Waals surface area (Å²) in [5.74, 6) is 0.817. The Bertz CT molecular complexity index is 995. The van der Waals surface area contributed by atoms with Crippen LogP contribution >= 0.6 is 0 Å².